The molecule has 0 spiro atoms. The van der Waals surface area contributed by atoms with Crippen molar-refractivity contribution in [2.24, 2.45) is 11.8 Å². The molecule has 0 aromatic heterocycles. The molecule has 0 saturated heterocycles. The van der Waals surface area contributed by atoms with Crippen molar-refractivity contribution in [1.82, 2.24) is 0 Å². The van der Waals surface area contributed by atoms with E-state index in [-0.39, 0.29) is 0 Å². The molecule has 1 rings (SSSR count). The third-order valence-corrected chi connectivity index (χ3v) is 3.56. The lowest BCUT2D eigenvalue weighted by atomic mass is 9.79. The minimum absolute atomic E-state index is 0.379. The summed E-state index contributed by atoms with van der Waals surface area (Å²) in [6.07, 6.45) is 10.8. The molecule has 13 heavy (non-hydrogen) atoms. The van der Waals surface area contributed by atoms with Crippen LogP contribution in [0.25, 0.3) is 0 Å². The van der Waals surface area contributed by atoms with Crippen LogP contribution in [0.15, 0.2) is 0 Å². The maximum absolute atomic E-state index is 8.68. The van der Waals surface area contributed by atoms with Gasteiger partial charge in [0.25, 0.3) is 0 Å². The van der Waals surface area contributed by atoms with E-state index in [2.05, 4.69) is 6.92 Å². The molecule has 0 aromatic carbocycles. The van der Waals surface area contributed by atoms with E-state index in [1.165, 1.54) is 44.9 Å². The van der Waals surface area contributed by atoms with Gasteiger partial charge >= 0.3 is 0 Å². The van der Waals surface area contributed by atoms with Gasteiger partial charge in [0, 0.05) is 6.61 Å². The average molecular weight is 184 g/mol. The molecule has 0 unspecified atom stereocenters. The van der Waals surface area contributed by atoms with Crippen LogP contribution in [0, 0.1) is 11.8 Å². The lowest BCUT2D eigenvalue weighted by molar-refractivity contribution is 0.239. The smallest absolute Gasteiger partial charge is 0.0431 e. The Bertz CT molecular complexity index is 112. The summed E-state index contributed by atoms with van der Waals surface area (Å²) < 4.78 is 0. The van der Waals surface area contributed by atoms with Crippen LogP contribution in [0.5, 0.6) is 0 Å². The van der Waals surface area contributed by atoms with Crippen LogP contribution >= 0.6 is 0 Å². The first-order valence-corrected chi connectivity index (χ1v) is 5.97. The van der Waals surface area contributed by atoms with E-state index in [0.717, 1.165) is 18.3 Å². The molecular weight excluding hydrogens is 160 g/mol. The molecule has 1 N–H and O–H groups in total. The summed E-state index contributed by atoms with van der Waals surface area (Å²) in [5.74, 6) is 2.00. The van der Waals surface area contributed by atoms with E-state index < -0.39 is 0 Å². The molecule has 78 valence electrons. The van der Waals surface area contributed by atoms with Crippen LogP contribution in [0.2, 0.25) is 0 Å². The third-order valence-electron chi connectivity index (χ3n) is 3.56. The van der Waals surface area contributed by atoms with Crippen molar-refractivity contribution >= 4 is 0 Å². The van der Waals surface area contributed by atoms with Crippen molar-refractivity contribution in [3.8, 4) is 0 Å². The quantitative estimate of drug-likeness (QED) is 0.649. The number of hydrogen-bond donors (Lipinski definition) is 1. The van der Waals surface area contributed by atoms with Gasteiger partial charge in [0.15, 0.2) is 0 Å². The van der Waals surface area contributed by atoms with Gasteiger partial charge in [-0.3, -0.25) is 0 Å². The van der Waals surface area contributed by atoms with E-state index in [1.807, 2.05) is 0 Å². The summed E-state index contributed by atoms with van der Waals surface area (Å²) in [5, 5.41) is 8.68. The molecule has 0 aromatic rings. The highest BCUT2D eigenvalue weighted by Crippen LogP contribution is 2.33. The molecule has 1 heteroatoms. The Balaban J connectivity index is 2.03. The molecule has 0 bridgehead atoms. The van der Waals surface area contributed by atoms with E-state index in [1.54, 1.807) is 0 Å². The Labute approximate surface area is 82.5 Å². The first-order chi connectivity index (χ1) is 6.36. The van der Waals surface area contributed by atoms with Gasteiger partial charge in [-0.15, -0.1) is 0 Å². The lowest BCUT2D eigenvalue weighted by Gasteiger charge is -2.27. The number of aliphatic hydroxyl groups excluding tert-OH is 1. The van der Waals surface area contributed by atoms with Crippen molar-refractivity contribution in [2.45, 2.75) is 58.3 Å². The Kier molecular flexibility index (Phi) is 5.45. The second-order valence-corrected chi connectivity index (χ2v) is 4.51. The highest BCUT2D eigenvalue weighted by Gasteiger charge is 2.18. The summed E-state index contributed by atoms with van der Waals surface area (Å²) in [5.41, 5.74) is 0. The Morgan fingerprint density at radius 3 is 2.15 bits per heavy atom. The van der Waals surface area contributed by atoms with Gasteiger partial charge in [0.1, 0.15) is 0 Å². The number of unbranched alkanes of at least 4 members (excludes halogenated alkanes) is 1. The highest BCUT2D eigenvalue weighted by molar-refractivity contribution is 4.71. The van der Waals surface area contributed by atoms with Gasteiger partial charge < -0.3 is 5.11 Å². The predicted molar refractivity (Wildman–Crippen MR) is 56.7 cm³/mol. The Morgan fingerprint density at radius 2 is 1.62 bits per heavy atom. The Hall–Kier alpha value is -0.0400. The number of aliphatic hydroxyl groups is 1. The van der Waals surface area contributed by atoms with Gasteiger partial charge in [-0.25, -0.2) is 0 Å². The van der Waals surface area contributed by atoms with Crippen LogP contribution in [0.1, 0.15) is 58.3 Å². The van der Waals surface area contributed by atoms with Crippen LogP contribution in [-0.4, -0.2) is 11.7 Å². The predicted octanol–water partition coefficient (Wildman–Crippen LogP) is 3.37. The normalized spacial score (nSPS) is 29.1. The fourth-order valence-electron chi connectivity index (χ4n) is 2.47. The molecule has 1 fully saturated rings. The summed E-state index contributed by atoms with van der Waals surface area (Å²) in [6, 6.07) is 0. The van der Waals surface area contributed by atoms with E-state index >= 15 is 0 Å². The van der Waals surface area contributed by atoms with Gasteiger partial charge in [-0.1, -0.05) is 51.9 Å². The van der Waals surface area contributed by atoms with Crippen molar-refractivity contribution in [3.63, 3.8) is 0 Å². The zero-order valence-corrected chi connectivity index (χ0v) is 8.97. The van der Waals surface area contributed by atoms with Crippen LogP contribution in [0.4, 0.5) is 0 Å². The molecule has 0 radical (unpaired) electrons. The van der Waals surface area contributed by atoms with E-state index in [0.29, 0.717) is 6.61 Å². The number of rotatable bonds is 5. The Morgan fingerprint density at radius 1 is 1.00 bits per heavy atom. The van der Waals surface area contributed by atoms with E-state index in [4.69, 9.17) is 5.11 Å². The second kappa shape index (κ2) is 6.42. The molecule has 0 heterocycles. The third kappa shape index (κ3) is 4.12. The molecule has 1 aliphatic rings. The molecule has 1 nitrogen and oxygen atoms in total. The minimum Gasteiger partial charge on any atom is -0.396 e. The maximum atomic E-state index is 8.68. The monoisotopic (exact) mass is 184 g/mol. The summed E-state index contributed by atoms with van der Waals surface area (Å²) in [4.78, 5) is 0. The molecule has 0 amide bonds. The second-order valence-electron chi connectivity index (χ2n) is 4.51. The first kappa shape index (κ1) is 11.0. The van der Waals surface area contributed by atoms with E-state index in [9.17, 15) is 0 Å². The molecule has 0 atom stereocenters. The first-order valence-electron chi connectivity index (χ1n) is 5.97. The topological polar surface area (TPSA) is 20.2 Å². The fraction of sp³-hybridized carbons (Fsp3) is 1.00. The van der Waals surface area contributed by atoms with Gasteiger partial charge in [-0.05, 0) is 18.3 Å². The van der Waals surface area contributed by atoms with Gasteiger partial charge in [0.2, 0.25) is 0 Å². The molecule has 1 saturated carbocycles. The average Bonchev–Trinajstić information content (AvgIpc) is 2.19. The van der Waals surface area contributed by atoms with Crippen molar-refractivity contribution in [3.05, 3.63) is 0 Å². The highest BCUT2D eigenvalue weighted by atomic mass is 16.2. The van der Waals surface area contributed by atoms with Crippen LogP contribution < -0.4 is 0 Å². The minimum atomic E-state index is 0.379. The summed E-state index contributed by atoms with van der Waals surface area (Å²) >= 11 is 0. The SMILES string of the molecule is CCC1CCC(CCCCO)CC1. The van der Waals surface area contributed by atoms with Crippen molar-refractivity contribution < 1.29 is 5.11 Å². The largest absolute Gasteiger partial charge is 0.396 e. The van der Waals surface area contributed by atoms with Gasteiger partial charge in [-0.2, -0.15) is 0 Å². The lowest BCUT2D eigenvalue weighted by Crippen LogP contribution is -2.13. The number of hydrogen-bond acceptors (Lipinski definition) is 1. The van der Waals surface area contributed by atoms with Crippen LogP contribution in [0.3, 0.4) is 0 Å². The molecule has 1 aliphatic carbocycles. The summed E-state index contributed by atoms with van der Waals surface area (Å²) in [7, 11) is 0. The zero-order chi connectivity index (χ0) is 9.52. The van der Waals surface area contributed by atoms with Crippen LogP contribution in [-0.2, 0) is 0 Å². The van der Waals surface area contributed by atoms with Crippen molar-refractivity contribution in [2.75, 3.05) is 6.61 Å². The molecule has 0 aliphatic heterocycles. The zero-order valence-electron chi connectivity index (χ0n) is 8.97. The standard InChI is InChI=1S/C12H24O/c1-2-11-6-8-12(9-7-11)5-3-4-10-13/h11-13H,2-10H2,1H3. The molecular formula is C12H24O. The maximum Gasteiger partial charge on any atom is 0.0431 e. The van der Waals surface area contributed by atoms with Crippen molar-refractivity contribution in [1.29, 1.82) is 0 Å². The summed E-state index contributed by atoms with van der Waals surface area (Å²) in [6.45, 7) is 2.70. The van der Waals surface area contributed by atoms with Gasteiger partial charge in [0.05, 0.1) is 0 Å². The fourth-order valence-corrected chi connectivity index (χ4v) is 2.47.